The van der Waals surface area contributed by atoms with Gasteiger partial charge in [-0.2, -0.15) is 0 Å². The van der Waals surface area contributed by atoms with E-state index in [-0.39, 0.29) is 25.5 Å². The zero-order valence-corrected chi connectivity index (χ0v) is 16.9. The molecule has 8 nitrogen and oxygen atoms in total. The lowest BCUT2D eigenvalue weighted by molar-refractivity contribution is -0.147. The van der Waals surface area contributed by atoms with Crippen LogP contribution in [-0.2, 0) is 19.1 Å². The molecule has 3 rings (SSSR count). The molecule has 156 valence electrons. The fraction of sp³-hybridized carbons (Fsp3) is 0.524. The number of esters is 1. The van der Waals surface area contributed by atoms with Crippen LogP contribution in [0.1, 0.15) is 49.7 Å². The van der Waals surface area contributed by atoms with E-state index >= 15 is 0 Å². The first-order chi connectivity index (χ1) is 13.8. The first kappa shape index (κ1) is 20.8. The van der Waals surface area contributed by atoms with Crippen molar-refractivity contribution in [2.24, 2.45) is 0 Å². The summed E-state index contributed by atoms with van der Waals surface area (Å²) in [4.78, 5) is 49.7. The Hall–Kier alpha value is -2.90. The molecule has 1 aliphatic carbocycles. The molecule has 0 atom stereocenters. The smallest absolute Gasteiger partial charge is 0.325 e. The van der Waals surface area contributed by atoms with Crippen LogP contribution in [0.25, 0.3) is 0 Å². The SMILES string of the molecule is Cc1ccc(NC(=O)COC(=O)CCCN2C(=O)NC3(CCCC3)C2=O)c(C)c1. The Balaban J connectivity index is 1.38. The highest BCUT2D eigenvalue weighted by atomic mass is 16.5. The van der Waals surface area contributed by atoms with Crippen molar-refractivity contribution >= 4 is 29.5 Å². The van der Waals surface area contributed by atoms with Gasteiger partial charge in [-0.25, -0.2) is 4.79 Å². The summed E-state index contributed by atoms with van der Waals surface area (Å²) >= 11 is 0. The number of nitrogens with one attached hydrogen (secondary N) is 2. The molecule has 4 amide bonds. The lowest BCUT2D eigenvalue weighted by Gasteiger charge is -2.19. The summed E-state index contributed by atoms with van der Waals surface area (Å²) in [5.74, 6) is -1.15. The van der Waals surface area contributed by atoms with Gasteiger partial charge in [-0.3, -0.25) is 19.3 Å². The molecule has 0 radical (unpaired) electrons. The van der Waals surface area contributed by atoms with Crippen LogP contribution >= 0.6 is 0 Å². The molecule has 0 bridgehead atoms. The first-order valence-electron chi connectivity index (χ1n) is 9.97. The van der Waals surface area contributed by atoms with Crippen LogP contribution in [0, 0.1) is 13.8 Å². The second kappa shape index (κ2) is 8.63. The number of nitrogens with zero attached hydrogens (tertiary/aromatic N) is 1. The molecule has 2 aliphatic rings. The number of hydrogen-bond acceptors (Lipinski definition) is 5. The molecule has 0 unspecified atom stereocenters. The van der Waals surface area contributed by atoms with E-state index < -0.39 is 23.4 Å². The van der Waals surface area contributed by atoms with Crippen molar-refractivity contribution in [3.05, 3.63) is 29.3 Å². The number of imide groups is 1. The van der Waals surface area contributed by atoms with E-state index in [1.165, 1.54) is 4.90 Å². The molecular formula is C21H27N3O5. The Bertz CT molecular complexity index is 830. The topological polar surface area (TPSA) is 105 Å². The fourth-order valence-electron chi connectivity index (χ4n) is 3.94. The largest absolute Gasteiger partial charge is 0.456 e. The van der Waals surface area contributed by atoms with Crippen LogP contribution in [0.5, 0.6) is 0 Å². The number of amides is 4. The van der Waals surface area contributed by atoms with E-state index in [2.05, 4.69) is 10.6 Å². The van der Waals surface area contributed by atoms with Gasteiger partial charge in [0.1, 0.15) is 5.54 Å². The van der Waals surface area contributed by atoms with E-state index in [0.717, 1.165) is 24.0 Å². The quantitative estimate of drug-likeness (QED) is 0.539. The third-order valence-corrected chi connectivity index (χ3v) is 5.49. The second-order valence-electron chi connectivity index (χ2n) is 7.81. The maximum Gasteiger partial charge on any atom is 0.325 e. The summed E-state index contributed by atoms with van der Waals surface area (Å²) in [5, 5.41) is 5.52. The molecule has 8 heteroatoms. The van der Waals surface area contributed by atoms with Gasteiger partial charge in [0, 0.05) is 18.7 Å². The summed E-state index contributed by atoms with van der Waals surface area (Å²) in [6.07, 6.45) is 3.53. The molecule has 1 spiro atoms. The Morgan fingerprint density at radius 1 is 1.21 bits per heavy atom. The van der Waals surface area contributed by atoms with Gasteiger partial charge < -0.3 is 15.4 Å². The summed E-state index contributed by atoms with van der Waals surface area (Å²) in [5.41, 5.74) is 1.97. The highest BCUT2D eigenvalue weighted by Gasteiger charge is 2.52. The Labute approximate surface area is 170 Å². The van der Waals surface area contributed by atoms with E-state index in [1.54, 1.807) is 6.07 Å². The van der Waals surface area contributed by atoms with Crippen LogP contribution < -0.4 is 10.6 Å². The first-order valence-corrected chi connectivity index (χ1v) is 9.97. The maximum absolute atomic E-state index is 12.5. The average Bonchev–Trinajstić information content (AvgIpc) is 3.23. The lowest BCUT2D eigenvalue weighted by Crippen LogP contribution is -2.44. The second-order valence-corrected chi connectivity index (χ2v) is 7.81. The van der Waals surface area contributed by atoms with Crippen molar-refractivity contribution < 1.29 is 23.9 Å². The molecule has 1 aromatic carbocycles. The molecule has 0 aromatic heterocycles. The molecule has 2 fully saturated rings. The molecule has 1 aromatic rings. The number of aryl methyl sites for hydroxylation is 2. The maximum atomic E-state index is 12.5. The predicted octanol–water partition coefficient (Wildman–Crippen LogP) is 2.43. The number of urea groups is 1. The zero-order chi connectivity index (χ0) is 21.0. The summed E-state index contributed by atoms with van der Waals surface area (Å²) in [6.45, 7) is 3.64. The number of carbonyl (C=O) groups is 4. The van der Waals surface area contributed by atoms with Crippen molar-refractivity contribution in [2.45, 2.75) is 57.9 Å². The highest BCUT2D eigenvalue weighted by Crippen LogP contribution is 2.35. The van der Waals surface area contributed by atoms with Gasteiger partial charge in [0.25, 0.3) is 11.8 Å². The number of benzene rings is 1. The normalized spacial score (nSPS) is 17.5. The van der Waals surface area contributed by atoms with E-state index in [9.17, 15) is 19.2 Å². The Morgan fingerprint density at radius 2 is 1.93 bits per heavy atom. The molecule has 1 aliphatic heterocycles. The van der Waals surface area contributed by atoms with Crippen LogP contribution in [0.15, 0.2) is 18.2 Å². The van der Waals surface area contributed by atoms with Crippen LogP contribution in [-0.4, -0.2) is 47.4 Å². The zero-order valence-electron chi connectivity index (χ0n) is 16.9. The van der Waals surface area contributed by atoms with Gasteiger partial charge >= 0.3 is 12.0 Å². The van der Waals surface area contributed by atoms with E-state index in [4.69, 9.17) is 4.74 Å². The number of rotatable bonds is 7. The molecule has 2 N–H and O–H groups in total. The summed E-state index contributed by atoms with van der Waals surface area (Å²) in [6, 6.07) is 5.26. The van der Waals surface area contributed by atoms with Gasteiger partial charge in [0.2, 0.25) is 0 Å². The van der Waals surface area contributed by atoms with Crippen molar-refractivity contribution in [1.82, 2.24) is 10.2 Å². The minimum Gasteiger partial charge on any atom is -0.456 e. The van der Waals surface area contributed by atoms with Crippen LogP contribution in [0.4, 0.5) is 10.5 Å². The third kappa shape index (κ3) is 4.75. The van der Waals surface area contributed by atoms with E-state index in [0.29, 0.717) is 24.9 Å². The standard InChI is InChI=1S/C21H27N3O5/c1-14-7-8-16(15(2)12-14)22-17(25)13-29-18(26)6-5-11-24-19(27)21(23-20(24)28)9-3-4-10-21/h7-8,12H,3-6,9-11,13H2,1-2H3,(H,22,25)(H,23,28). The number of carbonyl (C=O) groups excluding carboxylic acids is 4. The number of anilines is 1. The molecule has 29 heavy (non-hydrogen) atoms. The van der Waals surface area contributed by atoms with Gasteiger partial charge in [-0.05, 0) is 44.7 Å². The van der Waals surface area contributed by atoms with Crippen molar-refractivity contribution in [2.75, 3.05) is 18.5 Å². The molecule has 1 saturated carbocycles. The van der Waals surface area contributed by atoms with Crippen molar-refractivity contribution in [3.63, 3.8) is 0 Å². The monoisotopic (exact) mass is 401 g/mol. The highest BCUT2D eigenvalue weighted by molar-refractivity contribution is 6.07. The van der Waals surface area contributed by atoms with Crippen LogP contribution in [0.2, 0.25) is 0 Å². The molecule has 1 saturated heterocycles. The Kier molecular flexibility index (Phi) is 6.20. The van der Waals surface area contributed by atoms with Crippen molar-refractivity contribution in [3.8, 4) is 0 Å². The third-order valence-electron chi connectivity index (χ3n) is 5.49. The Morgan fingerprint density at radius 3 is 2.62 bits per heavy atom. The van der Waals surface area contributed by atoms with Crippen molar-refractivity contribution in [1.29, 1.82) is 0 Å². The van der Waals surface area contributed by atoms with E-state index in [1.807, 2.05) is 26.0 Å². The van der Waals surface area contributed by atoms with Gasteiger partial charge in [-0.1, -0.05) is 30.5 Å². The number of ether oxygens (including phenoxy) is 1. The van der Waals surface area contributed by atoms with Gasteiger partial charge in [0.05, 0.1) is 0 Å². The summed E-state index contributed by atoms with van der Waals surface area (Å²) < 4.78 is 5.00. The van der Waals surface area contributed by atoms with Crippen LogP contribution in [0.3, 0.4) is 0 Å². The van der Waals surface area contributed by atoms with Gasteiger partial charge in [0.15, 0.2) is 6.61 Å². The predicted molar refractivity (Wildman–Crippen MR) is 106 cm³/mol. The minimum atomic E-state index is -0.732. The molecule has 1 heterocycles. The van der Waals surface area contributed by atoms with Gasteiger partial charge in [-0.15, -0.1) is 0 Å². The molecular weight excluding hydrogens is 374 g/mol. The number of hydrogen-bond donors (Lipinski definition) is 2. The minimum absolute atomic E-state index is 0.0287. The average molecular weight is 401 g/mol. The lowest BCUT2D eigenvalue weighted by atomic mass is 9.98. The fourth-order valence-corrected chi connectivity index (χ4v) is 3.94. The summed E-state index contributed by atoms with van der Waals surface area (Å²) in [7, 11) is 0.